The molecular formula is C18H11F2N7OS. The molecule has 5 rings (SSSR count). The average molecular weight is 411 g/mol. The van der Waals surface area contributed by atoms with Crippen molar-refractivity contribution in [2.45, 2.75) is 6.54 Å². The molecule has 0 unspecified atom stereocenters. The number of hydrogen-bond acceptors (Lipinski definition) is 7. The summed E-state index contributed by atoms with van der Waals surface area (Å²) in [6.07, 6.45) is 2.92. The fourth-order valence-corrected chi connectivity index (χ4v) is 3.52. The van der Waals surface area contributed by atoms with Crippen LogP contribution in [0.15, 0.2) is 52.7 Å². The minimum atomic E-state index is -0.923. The molecule has 144 valence electrons. The maximum absolute atomic E-state index is 13.6. The number of halogens is 2. The van der Waals surface area contributed by atoms with Gasteiger partial charge in [0.05, 0.1) is 12.8 Å². The van der Waals surface area contributed by atoms with Crippen LogP contribution in [0.1, 0.15) is 5.56 Å². The van der Waals surface area contributed by atoms with Gasteiger partial charge in [0.25, 0.3) is 0 Å². The Morgan fingerprint density at radius 1 is 1.14 bits per heavy atom. The van der Waals surface area contributed by atoms with Crippen molar-refractivity contribution in [3.05, 3.63) is 65.5 Å². The monoisotopic (exact) mass is 411 g/mol. The molecule has 0 aliphatic rings. The van der Waals surface area contributed by atoms with Gasteiger partial charge in [-0.2, -0.15) is 5.10 Å². The lowest BCUT2D eigenvalue weighted by Crippen LogP contribution is -2.05. The summed E-state index contributed by atoms with van der Waals surface area (Å²) < 4.78 is 33.8. The first-order valence-corrected chi connectivity index (χ1v) is 9.29. The van der Waals surface area contributed by atoms with Gasteiger partial charge in [-0.05, 0) is 29.8 Å². The largest absolute Gasteiger partial charge is 0.462 e. The maximum Gasteiger partial charge on any atom is 0.219 e. The van der Waals surface area contributed by atoms with E-state index in [2.05, 4.69) is 30.2 Å². The SMILES string of the molecule is Fc1ccc(Cn2nc(-c3ncn[nH]3)nc2-c2csc(-c3ccco3)n2)cc1F. The molecule has 4 heterocycles. The summed E-state index contributed by atoms with van der Waals surface area (Å²) in [6.45, 7) is 0.168. The van der Waals surface area contributed by atoms with Gasteiger partial charge in [0.1, 0.15) is 12.0 Å². The number of thiazole rings is 1. The van der Waals surface area contributed by atoms with Gasteiger partial charge in [-0.1, -0.05) is 6.07 Å². The van der Waals surface area contributed by atoms with Crippen molar-refractivity contribution in [3.8, 4) is 33.9 Å². The zero-order chi connectivity index (χ0) is 19.8. The second kappa shape index (κ2) is 7.02. The van der Waals surface area contributed by atoms with E-state index in [1.54, 1.807) is 17.0 Å². The number of furan rings is 1. The number of nitrogens with one attached hydrogen (secondary N) is 1. The first-order chi connectivity index (χ1) is 14.2. The van der Waals surface area contributed by atoms with Crippen molar-refractivity contribution < 1.29 is 13.2 Å². The Labute approximate surface area is 165 Å². The van der Waals surface area contributed by atoms with E-state index in [-0.39, 0.29) is 6.54 Å². The molecule has 0 amide bonds. The molecule has 0 spiro atoms. The average Bonchev–Trinajstić information content (AvgIpc) is 3.50. The van der Waals surface area contributed by atoms with Crippen LogP contribution in [0.5, 0.6) is 0 Å². The van der Waals surface area contributed by atoms with Crippen LogP contribution in [0.2, 0.25) is 0 Å². The molecular weight excluding hydrogens is 400 g/mol. The Kier molecular flexibility index (Phi) is 4.21. The summed E-state index contributed by atoms with van der Waals surface area (Å²) in [7, 11) is 0. The Morgan fingerprint density at radius 2 is 2.07 bits per heavy atom. The van der Waals surface area contributed by atoms with Crippen molar-refractivity contribution in [1.29, 1.82) is 0 Å². The smallest absolute Gasteiger partial charge is 0.219 e. The minimum absolute atomic E-state index is 0.168. The lowest BCUT2D eigenvalue weighted by molar-refractivity contribution is 0.506. The number of hydrogen-bond donors (Lipinski definition) is 1. The van der Waals surface area contributed by atoms with E-state index < -0.39 is 11.6 Å². The second-order valence-corrected chi connectivity index (χ2v) is 6.87. The van der Waals surface area contributed by atoms with Crippen molar-refractivity contribution >= 4 is 11.3 Å². The van der Waals surface area contributed by atoms with E-state index in [9.17, 15) is 8.78 Å². The molecule has 0 bridgehead atoms. The van der Waals surface area contributed by atoms with Gasteiger partial charge in [0.15, 0.2) is 34.1 Å². The lowest BCUT2D eigenvalue weighted by Gasteiger charge is -2.05. The van der Waals surface area contributed by atoms with Crippen molar-refractivity contribution in [2.75, 3.05) is 0 Å². The van der Waals surface area contributed by atoms with E-state index >= 15 is 0 Å². The summed E-state index contributed by atoms with van der Waals surface area (Å²) in [5.41, 5.74) is 1.10. The molecule has 1 aromatic carbocycles. The van der Waals surface area contributed by atoms with Gasteiger partial charge in [-0.15, -0.1) is 16.4 Å². The normalized spacial score (nSPS) is 11.2. The highest BCUT2D eigenvalue weighted by atomic mass is 32.1. The molecule has 0 fully saturated rings. The molecule has 0 saturated carbocycles. The molecule has 0 saturated heterocycles. The lowest BCUT2D eigenvalue weighted by atomic mass is 10.2. The van der Waals surface area contributed by atoms with Crippen LogP contribution in [0, 0.1) is 11.6 Å². The standard InChI is InChI=1S/C18H11F2N7OS/c19-11-4-3-10(6-12(11)20)7-27-17(24-16(26-27)15-21-9-22-25-15)13-8-29-18(23-13)14-2-1-5-28-14/h1-6,8-9H,7H2,(H,21,22,25). The molecule has 11 heteroatoms. The third kappa shape index (κ3) is 3.31. The molecule has 1 N–H and O–H groups in total. The molecule has 29 heavy (non-hydrogen) atoms. The van der Waals surface area contributed by atoms with Crippen LogP contribution in [0.3, 0.4) is 0 Å². The molecule has 4 aromatic heterocycles. The van der Waals surface area contributed by atoms with Crippen molar-refractivity contribution in [2.24, 2.45) is 0 Å². The van der Waals surface area contributed by atoms with Gasteiger partial charge in [-0.25, -0.2) is 28.4 Å². The Bertz CT molecular complexity index is 1260. The van der Waals surface area contributed by atoms with Crippen molar-refractivity contribution in [3.63, 3.8) is 0 Å². The predicted molar refractivity (Wildman–Crippen MR) is 99.7 cm³/mol. The van der Waals surface area contributed by atoms with Crippen LogP contribution in [0.25, 0.3) is 33.9 Å². The molecule has 0 aliphatic heterocycles. The van der Waals surface area contributed by atoms with Gasteiger partial charge >= 0.3 is 0 Å². The van der Waals surface area contributed by atoms with E-state index in [4.69, 9.17) is 4.42 Å². The summed E-state index contributed by atoms with van der Waals surface area (Å²) >= 11 is 1.40. The van der Waals surface area contributed by atoms with Crippen LogP contribution >= 0.6 is 11.3 Å². The third-order valence-electron chi connectivity index (χ3n) is 4.08. The van der Waals surface area contributed by atoms with Crippen LogP contribution in [-0.2, 0) is 6.54 Å². The molecule has 5 aromatic rings. The van der Waals surface area contributed by atoms with E-state index in [1.807, 2.05) is 11.4 Å². The number of aromatic amines is 1. The highest BCUT2D eigenvalue weighted by Gasteiger charge is 2.19. The summed E-state index contributed by atoms with van der Waals surface area (Å²) in [6, 6.07) is 7.30. The number of H-pyrrole nitrogens is 1. The molecule has 0 aliphatic carbocycles. The zero-order valence-corrected chi connectivity index (χ0v) is 15.4. The van der Waals surface area contributed by atoms with Crippen LogP contribution in [0.4, 0.5) is 8.78 Å². The van der Waals surface area contributed by atoms with Gasteiger partial charge < -0.3 is 4.42 Å². The van der Waals surface area contributed by atoms with Crippen LogP contribution in [-0.4, -0.2) is 34.9 Å². The summed E-state index contributed by atoms with van der Waals surface area (Å²) in [4.78, 5) is 13.2. The maximum atomic E-state index is 13.6. The summed E-state index contributed by atoms with van der Waals surface area (Å²) in [5, 5.41) is 13.5. The highest BCUT2D eigenvalue weighted by Crippen LogP contribution is 2.29. The number of rotatable bonds is 5. The Morgan fingerprint density at radius 3 is 2.83 bits per heavy atom. The fraction of sp³-hybridized carbons (Fsp3) is 0.0556. The third-order valence-corrected chi connectivity index (χ3v) is 4.94. The number of aromatic nitrogens is 7. The minimum Gasteiger partial charge on any atom is -0.462 e. The Balaban J connectivity index is 1.57. The second-order valence-electron chi connectivity index (χ2n) is 6.01. The quantitative estimate of drug-likeness (QED) is 0.473. The van der Waals surface area contributed by atoms with Gasteiger partial charge in [0.2, 0.25) is 5.82 Å². The first kappa shape index (κ1) is 17.4. The van der Waals surface area contributed by atoms with Gasteiger partial charge in [0, 0.05) is 5.38 Å². The summed E-state index contributed by atoms with van der Waals surface area (Å²) in [5.74, 6) is -0.0335. The Hall–Kier alpha value is -3.73. The predicted octanol–water partition coefficient (Wildman–Crippen LogP) is 3.77. The number of benzene rings is 1. The molecule has 0 radical (unpaired) electrons. The molecule has 8 nitrogen and oxygen atoms in total. The van der Waals surface area contributed by atoms with Crippen molar-refractivity contribution in [1.82, 2.24) is 34.9 Å². The topological polar surface area (TPSA) is 98.3 Å². The first-order valence-electron chi connectivity index (χ1n) is 8.41. The van der Waals surface area contributed by atoms with E-state index in [0.29, 0.717) is 39.5 Å². The van der Waals surface area contributed by atoms with E-state index in [1.165, 1.54) is 23.7 Å². The van der Waals surface area contributed by atoms with Gasteiger partial charge in [-0.3, -0.25) is 5.10 Å². The van der Waals surface area contributed by atoms with Crippen LogP contribution < -0.4 is 0 Å². The highest BCUT2D eigenvalue weighted by molar-refractivity contribution is 7.13. The number of nitrogens with zero attached hydrogens (tertiary/aromatic N) is 6. The molecule has 0 atom stereocenters. The zero-order valence-electron chi connectivity index (χ0n) is 14.6. The fourth-order valence-electron chi connectivity index (χ4n) is 2.76. The van der Waals surface area contributed by atoms with E-state index in [0.717, 1.165) is 12.1 Å².